The lowest BCUT2D eigenvalue weighted by atomic mass is 10.0. The minimum Gasteiger partial charge on any atom is -0.481 e. The third kappa shape index (κ3) is 4.66. The van der Waals surface area contributed by atoms with Gasteiger partial charge in [-0.05, 0) is 25.3 Å². The molecule has 1 amide bonds. The molecule has 0 spiro atoms. The second kappa shape index (κ2) is 7.70. The van der Waals surface area contributed by atoms with Crippen LogP contribution in [0.4, 0.5) is 0 Å². The third-order valence-electron chi connectivity index (χ3n) is 3.32. The summed E-state index contributed by atoms with van der Waals surface area (Å²) in [6, 6.07) is 9.51. The Morgan fingerprint density at radius 1 is 1.32 bits per heavy atom. The predicted molar refractivity (Wildman–Crippen MR) is 85.1 cm³/mol. The van der Waals surface area contributed by atoms with Crippen LogP contribution in [0.1, 0.15) is 33.8 Å². The summed E-state index contributed by atoms with van der Waals surface area (Å²) >= 11 is 1.29. The van der Waals surface area contributed by atoms with Gasteiger partial charge in [-0.3, -0.25) is 9.59 Å². The van der Waals surface area contributed by atoms with Gasteiger partial charge in [-0.2, -0.15) is 0 Å². The lowest BCUT2D eigenvalue weighted by molar-refractivity contribution is -0.137. The van der Waals surface area contributed by atoms with E-state index in [-0.39, 0.29) is 18.4 Å². The molecule has 0 bridgehead atoms. The Morgan fingerprint density at radius 3 is 2.64 bits per heavy atom. The summed E-state index contributed by atoms with van der Waals surface area (Å²) in [5.41, 5.74) is 3.40. The van der Waals surface area contributed by atoms with Gasteiger partial charge in [-0.25, -0.2) is 4.98 Å². The maximum atomic E-state index is 12.3. The van der Waals surface area contributed by atoms with Gasteiger partial charge in [0, 0.05) is 12.5 Å². The largest absolute Gasteiger partial charge is 0.481 e. The summed E-state index contributed by atoms with van der Waals surface area (Å²) in [4.78, 5) is 27.7. The van der Waals surface area contributed by atoms with Gasteiger partial charge in [-0.15, -0.1) is 11.3 Å². The van der Waals surface area contributed by atoms with Crippen molar-refractivity contribution in [3.05, 3.63) is 52.0 Å². The van der Waals surface area contributed by atoms with Gasteiger partial charge in [0.15, 0.2) is 0 Å². The van der Waals surface area contributed by atoms with Crippen molar-refractivity contribution in [1.82, 2.24) is 10.3 Å². The molecular weight excluding hydrogens is 300 g/mol. The predicted octanol–water partition coefficient (Wildman–Crippen LogP) is 2.66. The van der Waals surface area contributed by atoms with Crippen molar-refractivity contribution < 1.29 is 14.7 Å². The van der Waals surface area contributed by atoms with Crippen LogP contribution < -0.4 is 5.32 Å². The van der Waals surface area contributed by atoms with Crippen molar-refractivity contribution >= 4 is 23.2 Å². The number of amides is 1. The van der Waals surface area contributed by atoms with Gasteiger partial charge in [0.25, 0.3) is 5.91 Å². The van der Waals surface area contributed by atoms with Crippen LogP contribution in [0.5, 0.6) is 0 Å². The zero-order chi connectivity index (χ0) is 15.9. The van der Waals surface area contributed by atoms with E-state index in [2.05, 4.69) is 10.3 Å². The fourth-order valence-corrected chi connectivity index (χ4v) is 2.90. The van der Waals surface area contributed by atoms with Gasteiger partial charge in [0.1, 0.15) is 4.88 Å². The Hall–Kier alpha value is -2.21. The van der Waals surface area contributed by atoms with E-state index >= 15 is 0 Å². The number of nitrogens with one attached hydrogen (secondary N) is 1. The number of carboxylic acids is 1. The molecule has 0 aliphatic heterocycles. The normalized spacial score (nSPS) is 11.9. The summed E-state index contributed by atoms with van der Waals surface area (Å²) < 4.78 is 0. The Bertz CT molecular complexity index is 640. The van der Waals surface area contributed by atoms with Crippen LogP contribution in [0.3, 0.4) is 0 Å². The SMILES string of the molecule is Cc1ncsc1C(=O)NC(CCC(=O)O)Cc1ccccc1. The number of benzene rings is 1. The Labute approximate surface area is 133 Å². The zero-order valence-electron chi connectivity index (χ0n) is 12.3. The van der Waals surface area contributed by atoms with E-state index in [0.29, 0.717) is 23.4 Å². The van der Waals surface area contributed by atoms with E-state index in [1.165, 1.54) is 11.3 Å². The van der Waals surface area contributed by atoms with Crippen LogP contribution in [-0.2, 0) is 11.2 Å². The van der Waals surface area contributed by atoms with Crippen LogP contribution in [-0.4, -0.2) is 28.0 Å². The molecule has 22 heavy (non-hydrogen) atoms. The monoisotopic (exact) mass is 318 g/mol. The maximum Gasteiger partial charge on any atom is 0.303 e. The maximum absolute atomic E-state index is 12.3. The molecule has 1 aromatic carbocycles. The number of aliphatic carboxylic acids is 1. The van der Waals surface area contributed by atoms with Crippen LogP contribution in [0.25, 0.3) is 0 Å². The van der Waals surface area contributed by atoms with Gasteiger partial charge in [0.05, 0.1) is 11.2 Å². The molecule has 1 atom stereocenters. The molecule has 1 heterocycles. The Morgan fingerprint density at radius 2 is 2.05 bits per heavy atom. The fraction of sp³-hybridized carbons (Fsp3) is 0.312. The summed E-state index contributed by atoms with van der Waals surface area (Å²) in [7, 11) is 0. The van der Waals surface area contributed by atoms with E-state index in [1.807, 2.05) is 30.3 Å². The topological polar surface area (TPSA) is 79.3 Å². The van der Waals surface area contributed by atoms with Crippen molar-refractivity contribution in [2.24, 2.45) is 0 Å². The Kier molecular flexibility index (Phi) is 5.66. The number of rotatable bonds is 7. The molecule has 0 aliphatic rings. The molecule has 0 fully saturated rings. The second-order valence-corrected chi connectivity index (χ2v) is 5.91. The first-order valence-corrected chi connectivity index (χ1v) is 7.91. The highest BCUT2D eigenvalue weighted by molar-refractivity contribution is 7.11. The van der Waals surface area contributed by atoms with E-state index in [1.54, 1.807) is 12.4 Å². The average molecular weight is 318 g/mol. The lowest BCUT2D eigenvalue weighted by Gasteiger charge is -2.18. The van der Waals surface area contributed by atoms with Crippen molar-refractivity contribution in [2.45, 2.75) is 32.2 Å². The van der Waals surface area contributed by atoms with E-state index in [0.717, 1.165) is 5.56 Å². The summed E-state index contributed by atoms with van der Waals surface area (Å²) in [5.74, 6) is -1.05. The van der Waals surface area contributed by atoms with E-state index in [4.69, 9.17) is 5.11 Å². The van der Waals surface area contributed by atoms with Crippen LogP contribution in [0.15, 0.2) is 35.8 Å². The van der Waals surface area contributed by atoms with Gasteiger partial charge >= 0.3 is 5.97 Å². The number of hydrogen-bond acceptors (Lipinski definition) is 4. The van der Waals surface area contributed by atoms with E-state index < -0.39 is 5.97 Å². The fourth-order valence-electron chi connectivity index (χ4n) is 2.19. The quantitative estimate of drug-likeness (QED) is 0.822. The van der Waals surface area contributed by atoms with Crippen LogP contribution in [0, 0.1) is 6.92 Å². The van der Waals surface area contributed by atoms with Crippen molar-refractivity contribution in [1.29, 1.82) is 0 Å². The number of thiazole rings is 1. The lowest BCUT2D eigenvalue weighted by Crippen LogP contribution is -2.36. The molecule has 0 saturated heterocycles. The molecule has 0 saturated carbocycles. The number of carbonyl (C=O) groups excluding carboxylic acids is 1. The molecule has 2 rings (SSSR count). The molecule has 5 nitrogen and oxygen atoms in total. The number of carbonyl (C=O) groups is 2. The highest BCUT2D eigenvalue weighted by Gasteiger charge is 2.18. The highest BCUT2D eigenvalue weighted by Crippen LogP contribution is 2.14. The number of aromatic nitrogens is 1. The van der Waals surface area contributed by atoms with Gasteiger partial charge < -0.3 is 10.4 Å². The second-order valence-electron chi connectivity index (χ2n) is 5.06. The van der Waals surface area contributed by atoms with Crippen LogP contribution >= 0.6 is 11.3 Å². The average Bonchev–Trinajstić information content (AvgIpc) is 2.92. The molecule has 6 heteroatoms. The highest BCUT2D eigenvalue weighted by atomic mass is 32.1. The molecule has 1 unspecified atom stereocenters. The molecule has 0 radical (unpaired) electrons. The van der Waals surface area contributed by atoms with Gasteiger partial charge in [-0.1, -0.05) is 30.3 Å². The number of aryl methyl sites for hydroxylation is 1. The number of hydrogen-bond donors (Lipinski definition) is 2. The third-order valence-corrected chi connectivity index (χ3v) is 4.25. The van der Waals surface area contributed by atoms with E-state index in [9.17, 15) is 9.59 Å². The first-order valence-electron chi connectivity index (χ1n) is 7.03. The van der Waals surface area contributed by atoms with Crippen molar-refractivity contribution in [3.8, 4) is 0 Å². The molecular formula is C16H18N2O3S. The first-order chi connectivity index (χ1) is 10.6. The number of carboxylic acid groups (broad SMARTS) is 1. The van der Waals surface area contributed by atoms with Crippen molar-refractivity contribution in [2.75, 3.05) is 0 Å². The zero-order valence-corrected chi connectivity index (χ0v) is 13.1. The first kappa shape index (κ1) is 16.2. The summed E-state index contributed by atoms with van der Waals surface area (Å²) in [6.45, 7) is 1.79. The molecule has 0 aliphatic carbocycles. The molecule has 2 N–H and O–H groups in total. The minimum absolute atomic E-state index is 0.0272. The minimum atomic E-state index is -0.860. The van der Waals surface area contributed by atoms with Gasteiger partial charge in [0.2, 0.25) is 0 Å². The van der Waals surface area contributed by atoms with Crippen LogP contribution in [0.2, 0.25) is 0 Å². The molecule has 116 valence electrons. The standard InChI is InChI=1S/C16H18N2O3S/c1-11-15(22-10-17-11)16(21)18-13(7-8-14(19)20)9-12-5-3-2-4-6-12/h2-6,10,13H,7-9H2,1H3,(H,18,21)(H,19,20). The smallest absolute Gasteiger partial charge is 0.303 e. The van der Waals surface area contributed by atoms with Crippen molar-refractivity contribution in [3.63, 3.8) is 0 Å². The molecule has 2 aromatic rings. The molecule has 1 aromatic heterocycles. The summed E-state index contributed by atoms with van der Waals surface area (Å²) in [6.07, 6.45) is 1.03. The Balaban J connectivity index is 2.05. The summed E-state index contributed by atoms with van der Waals surface area (Å²) in [5, 5.41) is 11.8. The number of nitrogens with zero attached hydrogens (tertiary/aromatic N) is 1.